The van der Waals surface area contributed by atoms with Gasteiger partial charge in [-0.15, -0.1) is 7.92 Å². The summed E-state index contributed by atoms with van der Waals surface area (Å²) in [4.78, 5) is 0. The van der Waals surface area contributed by atoms with Crippen LogP contribution in [0.5, 0.6) is 0 Å². The number of benzene rings is 1. The Bertz CT molecular complexity index is 344. The van der Waals surface area contributed by atoms with Crippen molar-refractivity contribution < 1.29 is 0 Å². The van der Waals surface area contributed by atoms with Gasteiger partial charge in [-0.05, 0) is 36.9 Å². The van der Waals surface area contributed by atoms with E-state index in [9.17, 15) is 0 Å². The van der Waals surface area contributed by atoms with Crippen LogP contribution in [-0.4, -0.2) is 12.3 Å². The van der Waals surface area contributed by atoms with Gasteiger partial charge in [0.15, 0.2) is 0 Å². The van der Waals surface area contributed by atoms with Crippen molar-refractivity contribution >= 4 is 7.92 Å². The minimum absolute atomic E-state index is 0.214. The smallest absolute Gasteiger partial charge is 0.00731 e. The molecular formula is C23H41P. The van der Waals surface area contributed by atoms with Crippen LogP contribution in [-0.2, 0) is 6.16 Å². The summed E-state index contributed by atoms with van der Waals surface area (Å²) in [6, 6.07) is 11.2. The van der Waals surface area contributed by atoms with Crippen molar-refractivity contribution in [1.82, 2.24) is 0 Å². The molecule has 0 aliphatic carbocycles. The molecule has 1 aromatic rings. The maximum Gasteiger partial charge on any atom is -0.00731 e. The van der Waals surface area contributed by atoms with E-state index in [1.54, 1.807) is 5.56 Å². The van der Waals surface area contributed by atoms with Crippen LogP contribution >= 0.6 is 7.92 Å². The van der Waals surface area contributed by atoms with E-state index in [0.29, 0.717) is 0 Å². The Balaban J connectivity index is 2.24. The Morgan fingerprint density at radius 2 is 1.04 bits per heavy atom. The first-order valence-electron chi connectivity index (χ1n) is 10.6. The van der Waals surface area contributed by atoms with Gasteiger partial charge in [-0.25, -0.2) is 0 Å². The molecule has 0 atom stereocenters. The SMILES string of the molecule is CCCCCCCCP(CCCCCCCC)Cc1ccccc1. The molecule has 138 valence electrons. The van der Waals surface area contributed by atoms with Gasteiger partial charge in [0.25, 0.3) is 0 Å². The Labute approximate surface area is 153 Å². The topological polar surface area (TPSA) is 0 Å². The highest BCUT2D eigenvalue weighted by Gasteiger charge is 2.09. The monoisotopic (exact) mass is 348 g/mol. The zero-order valence-corrected chi connectivity index (χ0v) is 17.3. The predicted octanol–water partition coefficient (Wildman–Crippen LogP) is 8.39. The summed E-state index contributed by atoms with van der Waals surface area (Å²) < 4.78 is 0. The lowest BCUT2D eigenvalue weighted by molar-refractivity contribution is 0.621. The largest absolute Gasteiger partial charge is 0.102 e. The third kappa shape index (κ3) is 12.1. The lowest BCUT2D eigenvalue weighted by Crippen LogP contribution is -1.96. The van der Waals surface area contributed by atoms with Gasteiger partial charge in [-0.1, -0.05) is 108 Å². The van der Waals surface area contributed by atoms with Gasteiger partial charge in [0.1, 0.15) is 0 Å². The standard InChI is InChI=1S/C23H41P/c1-3-5-7-9-11-16-20-24(21-17-12-10-8-6-4-2)22-23-18-14-13-15-19-23/h13-15,18-19H,3-12,16-17,20-22H2,1-2H3. The zero-order valence-electron chi connectivity index (χ0n) is 16.4. The van der Waals surface area contributed by atoms with E-state index in [0.717, 1.165) is 0 Å². The van der Waals surface area contributed by atoms with Crippen molar-refractivity contribution in [2.24, 2.45) is 0 Å². The van der Waals surface area contributed by atoms with E-state index in [4.69, 9.17) is 0 Å². The fraction of sp³-hybridized carbons (Fsp3) is 0.739. The molecule has 0 aliphatic heterocycles. The first-order valence-corrected chi connectivity index (χ1v) is 12.5. The number of hydrogen-bond acceptors (Lipinski definition) is 0. The molecule has 1 rings (SSSR count). The molecule has 0 nitrogen and oxygen atoms in total. The van der Waals surface area contributed by atoms with Crippen LogP contribution in [0.2, 0.25) is 0 Å². The maximum atomic E-state index is 2.33. The highest BCUT2D eigenvalue weighted by Crippen LogP contribution is 2.42. The molecule has 0 aliphatic rings. The molecule has 0 saturated carbocycles. The van der Waals surface area contributed by atoms with Crippen molar-refractivity contribution in [3.05, 3.63) is 35.9 Å². The van der Waals surface area contributed by atoms with Crippen molar-refractivity contribution in [2.45, 2.75) is 97.1 Å². The summed E-state index contributed by atoms with van der Waals surface area (Å²) in [7, 11) is 0.214. The normalized spacial score (nSPS) is 11.3. The fourth-order valence-corrected chi connectivity index (χ4v) is 5.95. The fourth-order valence-electron chi connectivity index (χ4n) is 3.34. The molecule has 1 aromatic carbocycles. The first-order chi connectivity index (χ1) is 11.9. The van der Waals surface area contributed by atoms with Crippen LogP contribution in [0.1, 0.15) is 96.5 Å². The lowest BCUT2D eigenvalue weighted by atomic mass is 10.1. The van der Waals surface area contributed by atoms with Crippen molar-refractivity contribution in [1.29, 1.82) is 0 Å². The van der Waals surface area contributed by atoms with E-state index in [1.807, 2.05) is 0 Å². The predicted molar refractivity (Wildman–Crippen MR) is 114 cm³/mol. The van der Waals surface area contributed by atoms with Crippen molar-refractivity contribution in [3.63, 3.8) is 0 Å². The second kappa shape index (κ2) is 16.1. The Hall–Kier alpha value is -0.350. The van der Waals surface area contributed by atoms with Crippen molar-refractivity contribution in [2.75, 3.05) is 12.3 Å². The van der Waals surface area contributed by atoms with Crippen LogP contribution < -0.4 is 0 Å². The third-order valence-electron chi connectivity index (χ3n) is 4.90. The molecule has 0 fully saturated rings. The summed E-state index contributed by atoms with van der Waals surface area (Å²) in [6.45, 7) is 4.61. The second-order valence-corrected chi connectivity index (χ2v) is 9.85. The minimum atomic E-state index is 0.214. The van der Waals surface area contributed by atoms with E-state index in [2.05, 4.69) is 44.2 Å². The van der Waals surface area contributed by atoms with Crippen LogP contribution in [0.15, 0.2) is 30.3 Å². The van der Waals surface area contributed by atoms with E-state index in [-0.39, 0.29) is 7.92 Å². The Morgan fingerprint density at radius 1 is 0.583 bits per heavy atom. The first kappa shape index (κ1) is 21.7. The lowest BCUT2D eigenvalue weighted by Gasteiger charge is -2.18. The van der Waals surface area contributed by atoms with Gasteiger partial charge in [0, 0.05) is 0 Å². The highest BCUT2D eigenvalue weighted by molar-refractivity contribution is 7.56. The molecule has 0 saturated heterocycles. The van der Waals surface area contributed by atoms with Crippen LogP contribution in [0.25, 0.3) is 0 Å². The van der Waals surface area contributed by atoms with Gasteiger partial charge in [-0.2, -0.15) is 0 Å². The molecule has 0 spiro atoms. The summed E-state index contributed by atoms with van der Waals surface area (Å²) in [5.41, 5.74) is 1.57. The van der Waals surface area contributed by atoms with Gasteiger partial charge >= 0.3 is 0 Å². The molecule has 0 amide bonds. The maximum absolute atomic E-state index is 2.33. The Kier molecular flexibility index (Phi) is 14.6. The summed E-state index contributed by atoms with van der Waals surface area (Å²) in [5.74, 6) is 0. The molecule has 24 heavy (non-hydrogen) atoms. The molecule has 0 radical (unpaired) electrons. The Morgan fingerprint density at radius 3 is 1.54 bits per heavy atom. The second-order valence-electron chi connectivity index (χ2n) is 7.30. The summed E-state index contributed by atoms with van der Waals surface area (Å²) in [6.07, 6.45) is 21.6. The number of unbranched alkanes of at least 4 members (excludes halogenated alkanes) is 10. The molecule has 0 N–H and O–H groups in total. The van der Waals surface area contributed by atoms with Gasteiger partial charge in [-0.3, -0.25) is 0 Å². The molecule has 0 bridgehead atoms. The third-order valence-corrected chi connectivity index (χ3v) is 7.61. The molecule has 0 heterocycles. The quantitative estimate of drug-likeness (QED) is 0.208. The van der Waals surface area contributed by atoms with Crippen LogP contribution in [0.4, 0.5) is 0 Å². The van der Waals surface area contributed by atoms with Gasteiger partial charge in [0.2, 0.25) is 0 Å². The summed E-state index contributed by atoms with van der Waals surface area (Å²) >= 11 is 0. The van der Waals surface area contributed by atoms with E-state index in [1.165, 1.54) is 95.5 Å². The van der Waals surface area contributed by atoms with E-state index >= 15 is 0 Å². The van der Waals surface area contributed by atoms with Gasteiger partial charge < -0.3 is 0 Å². The minimum Gasteiger partial charge on any atom is -0.102 e. The van der Waals surface area contributed by atoms with Crippen LogP contribution in [0.3, 0.4) is 0 Å². The zero-order chi connectivity index (χ0) is 17.3. The molecule has 0 aromatic heterocycles. The van der Waals surface area contributed by atoms with Crippen LogP contribution in [0, 0.1) is 0 Å². The van der Waals surface area contributed by atoms with E-state index < -0.39 is 0 Å². The summed E-state index contributed by atoms with van der Waals surface area (Å²) in [5, 5.41) is 0. The molecular weight excluding hydrogens is 307 g/mol. The van der Waals surface area contributed by atoms with Crippen molar-refractivity contribution in [3.8, 4) is 0 Å². The average molecular weight is 349 g/mol. The van der Waals surface area contributed by atoms with Gasteiger partial charge in [0.05, 0.1) is 0 Å². The molecule has 1 heteroatoms. The number of rotatable bonds is 16. The average Bonchev–Trinajstić information content (AvgIpc) is 2.61. The molecule has 0 unspecified atom stereocenters. The number of hydrogen-bond donors (Lipinski definition) is 0. The highest BCUT2D eigenvalue weighted by atomic mass is 31.1.